The van der Waals surface area contributed by atoms with Crippen molar-refractivity contribution in [1.82, 2.24) is 0 Å². The molecule has 0 unspecified atom stereocenters. The molecular formula is C7H12O3. The van der Waals surface area contributed by atoms with Crippen LogP contribution in [0.3, 0.4) is 0 Å². The van der Waals surface area contributed by atoms with E-state index in [2.05, 4.69) is 0 Å². The van der Waals surface area contributed by atoms with E-state index in [9.17, 15) is 4.79 Å². The van der Waals surface area contributed by atoms with Crippen molar-refractivity contribution in [2.75, 3.05) is 13.7 Å². The lowest BCUT2D eigenvalue weighted by molar-refractivity contribution is -0.146. The Bertz CT molecular complexity index is 151. The lowest BCUT2D eigenvalue weighted by Crippen LogP contribution is -2.31. The quantitative estimate of drug-likeness (QED) is 0.505. The summed E-state index contributed by atoms with van der Waals surface area (Å²) in [6.45, 7) is 4.36. The highest BCUT2D eigenvalue weighted by atomic mass is 16.6. The minimum absolute atomic E-state index is 0.161. The van der Waals surface area contributed by atoms with Gasteiger partial charge in [0, 0.05) is 12.5 Å². The van der Waals surface area contributed by atoms with Crippen LogP contribution in [-0.2, 0) is 14.3 Å². The van der Waals surface area contributed by atoms with Gasteiger partial charge in [-0.05, 0) is 0 Å². The number of cyclic esters (lactones) is 1. The van der Waals surface area contributed by atoms with Gasteiger partial charge in [-0.2, -0.15) is 0 Å². The highest BCUT2D eigenvalue weighted by molar-refractivity contribution is 5.77. The summed E-state index contributed by atoms with van der Waals surface area (Å²) < 4.78 is 9.77. The van der Waals surface area contributed by atoms with Crippen LogP contribution in [0.2, 0.25) is 0 Å². The SMILES string of the molecule is CO[C@@H]1C(=O)OCC1(C)C. The van der Waals surface area contributed by atoms with E-state index in [4.69, 9.17) is 9.47 Å². The highest BCUT2D eigenvalue weighted by Crippen LogP contribution is 2.30. The maximum absolute atomic E-state index is 10.9. The molecule has 0 aromatic rings. The molecule has 0 bridgehead atoms. The molecule has 0 aromatic carbocycles. The molecule has 0 amide bonds. The van der Waals surface area contributed by atoms with E-state index in [1.165, 1.54) is 7.11 Å². The van der Waals surface area contributed by atoms with Crippen molar-refractivity contribution in [3.05, 3.63) is 0 Å². The second kappa shape index (κ2) is 2.23. The van der Waals surface area contributed by atoms with Gasteiger partial charge in [0.25, 0.3) is 0 Å². The summed E-state index contributed by atoms with van der Waals surface area (Å²) >= 11 is 0. The first-order valence-electron chi connectivity index (χ1n) is 3.27. The van der Waals surface area contributed by atoms with Crippen LogP contribution in [-0.4, -0.2) is 25.8 Å². The Hall–Kier alpha value is -0.570. The van der Waals surface area contributed by atoms with Gasteiger partial charge in [-0.3, -0.25) is 0 Å². The summed E-state index contributed by atoms with van der Waals surface area (Å²) in [5.41, 5.74) is -0.161. The summed E-state index contributed by atoms with van der Waals surface area (Å²) in [4.78, 5) is 10.9. The van der Waals surface area contributed by atoms with Crippen molar-refractivity contribution in [3.8, 4) is 0 Å². The minimum Gasteiger partial charge on any atom is -0.463 e. The third-order valence-electron chi connectivity index (χ3n) is 1.75. The molecule has 1 rings (SSSR count). The van der Waals surface area contributed by atoms with Crippen LogP contribution >= 0.6 is 0 Å². The Labute approximate surface area is 60.3 Å². The number of esters is 1. The zero-order chi connectivity index (χ0) is 7.78. The molecule has 0 N–H and O–H groups in total. The van der Waals surface area contributed by atoms with Crippen molar-refractivity contribution >= 4 is 5.97 Å². The van der Waals surface area contributed by atoms with Crippen LogP contribution in [0.25, 0.3) is 0 Å². The van der Waals surface area contributed by atoms with E-state index in [-0.39, 0.29) is 17.5 Å². The first-order chi connectivity index (χ1) is 4.58. The van der Waals surface area contributed by atoms with Gasteiger partial charge in [0.15, 0.2) is 6.10 Å². The van der Waals surface area contributed by atoms with Gasteiger partial charge in [0.1, 0.15) is 0 Å². The van der Waals surface area contributed by atoms with Crippen molar-refractivity contribution in [3.63, 3.8) is 0 Å². The predicted octanol–water partition coefficient (Wildman–Crippen LogP) is 0.584. The largest absolute Gasteiger partial charge is 0.463 e. The molecular weight excluding hydrogens is 132 g/mol. The first-order valence-corrected chi connectivity index (χ1v) is 3.27. The maximum atomic E-state index is 10.9. The van der Waals surface area contributed by atoms with Gasteiger partial charge >= 0.3 is 5.97 Å². The van der Waals surface area contributed by atoms with Gasteiger partial charge in [-0.1, -0.05) is 13.8 Å². The van der Waals surface area contributed by atoms with E-state index in [0.717, 1.165) is 0 Å². The molecule has 1 aliphatic heterocycles. The molecule has 0 radical (unpaired) electrons. The van der Waals surface area contributed by atoms with E-state index in [1.54, 1.807) is 0 Å². The summed E-state index contributed by atoms with van der Waals surface area (Å²) in [5, 5.41) is 0. The van der Waals surface area contributed by atoms with Crippen molar-refractivity contribution in [2.24, 2.45) is 5.41 Å². The molecule has 0 saturated carbocycles. The third-order valence-corrected chi connectivity index (χ3v) is 1.75. The molecule has 3 heteroatoms. The van der Waals surface area contributed by atoms with Crippen LogP contribution in [0.1, 0.15) is 13.8 Å². The molecule has 3 nitrogen and oxygen atoms in total. The number of carbonyl (C=O) groups excluding carboxylic acids is 1. The van der Waals surface area contributed by atoms with Gasteiger partial charge in [0.05, 0.1) is 6.61 Å². The van der Waals surface area contributed by atoms with Crippen molar-refractivity contribution in [1.29, 1.82) is 0 Å². The third kappa shape index (κ3) is 1.01. The van der Waals surface area contributed by atoms with Gasteiger partial charge in [-0.15, -0.1) is 0 Å². The first kappa shape index (κ1) is 7.54. The molecule has 1 aliphatic rings. The lowest BCUT2D eigenvalue weighted by Gasteiger charge is -2.19. The van der Waals surface area contributed by atoms with Crippen molar-refractivity contribution in [2.45, 2.75) is 20.0 Å². The number of ether oxygens (including phenoxy) is 2. The average molecular weight is 144 g/mol. The number of hydrogen-bond acceptors (Lipinski definition) is 3. The molecule has 1 atom stereocenters. The summed E-state index contributed by atoms with van der Waals surface area (Å²) in [6.07, 6.45) is -0.382. The summed E-state index contributed by atoms with van der Waals surface area (Å²) in [5.74, 6) is -0.243. The molecule has 58 valence electrons. The predicted molar refractivity (Wildman–Crippen MR) is 35.5 cm³/mol. The minimum atomic E-state index is -0.382. The standard InChI is InChI=1S/C7H12O3/c1-7(2)4-10-6(8)5(7)9-3/h5H,4H2,1-3H3/t5-/m1/s1. The van der Waals surface area contributed by atoms with E-state index in [0.29, 0.717) is 6.61 Å². The second-order valence-electron chi connectivity index (χ2n) is 3.21. The fourth-order valence-corrected chi connectivity index (χ4v) is 1.14. The number of methoxy groups -OCH3 is 1. The average Bonchev–Trinajstić information content (AvgIpc) is 2.07. The fourth-order valence-electron chi connectivity index (χ4n) is 1.14. The number of rotatable bonds is 1. The Morgan fingerprint density at radius 2 is 2.30 bits per heavy atom. The smallest absolute Gasteiger partial charge is 0.335 e. The monoisotopic (exact) mass is 144 g/mol. The topological polar surface area (TPSA) is 35.5 Å². The Morgan fingerprint density at radius 1 is 1.70 bits per heavy atom. The summed E-state index contributed by atoms with van der Waals surface area (Å²) in [7, 11) is 1.53. The van der Waals surface area contributed by atoms with Crippen LogP contribution in [0.5, 0.6) is 0 Å². The molecule has 1 saturated heterocycles. The van der Waals surface area contributed by atoms with E-state index in [1.807, 2.05) is 13.8 Å². The van der Waals surface area contributed by atoms with Crippen LogP contribution in [0.15, 0.2) is 0 Å². The molecule has 1 heterocycles. The van der Waals surface area contributed by atoms with Crippen molar-refractivity contribution < 1.29 is 14.3 Å². The number of hydrogen-bond donors (Lipinski definition) is 0. The second-order valence-corrected chi connectivity index (χ2v) is 3.21. The molecule has 1 fully saturated rings. The molecule has 0 spiro atoms. The van der Waals surface area contributed by atoms with Gasteiger partial charge in [0.2, 0.25) is 0 Å². The summed E-state index contributed by atoms with van der Waals surface area (Å²) in [6, 6.07) is 0. The highest BCUT2D eigenvalue weighted by Gasteiger charge is 2.43. The zero-order valence-electron chi connectivity index (χ0n) is 6.51. The fraction of sp³-hybridized carbons (Fsp3) is 0.857. The normalized spacial score (nSPS) is 30.3. The Kier molecular flexibility index (Phi) is 1.68. The van der Waals surface area contributed by atoms with E-state index >= 15 is 0 Å². The van der Waals surface area contributed by atoms with Crippen LogP contribution in [0, 0.1) is 5.41 Å². The zero-order valence-corrected chi connectivity index (χ0v) is 6.51. The van der Waals surface area contributed by atoms with Gasteiger partial charge < -0.3 is 9.47 Å². The Balaban J connectivity index is 2.73. The molecule has 0 aliphatic carbocycles. The molecule has 0 aromatic heterocycles. The lowest BCUT2D eigenvalue weighted by atomic mass is 9.90. The van der Waals surface area contributed by atoms with Gasteiger partial charge in [-0.25, -0.2) is 4.79 Å². The van der Waals surface area contributed by atoms with E-state index < -0.39 is 0 Å². The number of carbonyl (C=O) groups is 1. The molecule has 10 heavy (non-hydrogen) atoms. The van der Waals surface area contributed by atoms with Crippen LogP contribution < -0.4 is 0 Å². The Morgan fingerprint density at radius 3 is 2.50 bits per heavy atom. The maximum Gasteiger partial charge on any atom is 0.335 e. The van der Waals surface area contributed by atoms with Crippen LogP contribution in [0.4, 0.5) is 0 Å².